The molecular formula is C28H48IN3. The van der Waals surface area contributed by atoms with E-state index < -0.39 is 0 Å². The summed E-state index contributed by atoms with van der Waals surface area (Å²) in [7, 11) is 0. The first-order valence-corrected chi connectivity index (χ1v) is 14.8. The lowest BCUT2D eigenvalue weighted by atomic mass is 9.43. The second-order valence-corrected chi connectivity index (χ2v) is 16.1. The molecule has 0 aromatic heterocycles. The van der Waals surface area contributed by atoms with Crippen LogP contribution in [0, 0.1) is 52.3 Å². The molecule has 4 heteroatoms. The molecule has 4 saturated carbocycles. The monoisotopic (exact) mass is 553 g/mol. The topological polar surface area (TPSA) is 48.8 Å². The SMILES string of the molecule is CC(C)CCC[C@@H](C)[C@H]1CC[C@H]2[C@@H]3CC[C@H]4C[C@@](C)(I)[C@@H](N=[N+]=[N-])C[C@]4(C)[C@H]3CC[C@]12C. The second kappa shape index (κ2) is 9.25. The number of nitrogens with zero attached hydrogens (tertiary/aromatic N) is 3. The molecule has 0 aliphatic heterocycles. The molecule has 0 heterocycles. The minimum Gasteiger partial charge on any atom is -0.0892 e. The Balaban J connectivity index is 1.51. The van der Waals surface area contributed by atoms with Gasteiger partial charge in [-0.05, 0) is 109 Å². The molecule has 0 spiro atoms. The summed E-state index contributed by atoms with van der Waals surface area (Å²) in [5, 5.41) is 4.34. The van der Waals surface area contributed by atoms with Crippen molar-refractivity contribution in [3.05, 3.63) is 10.4 Å². The highest BCUT2D eigenvalue weighted by atomic mass is 127. The first kappa shape index (κ1) is 25.1. The average Bonchev–Trinajstić information content (AvgIpc) is 3.06. The predicted octanol–water partition coefficient (Wildman–Crippen LogP) is 9.59. The Bertz CT molecular complexity index is 728. The Hall–Kier alpha value is 0.0400. The van der Waals surface area contributed by atoms with E-state index in [1.165, 1.54) is 64.2 Å². The van der Waals surface area contributed by atoms with E-state index in [1.807, 2.05) is 0 Å². The highest BCUT2D eigenvalue weighted by Gasteiger charge is 2.62. The van der Waals surface area contributed by atoms with Crippen molar-refractivity contribution in [3.8, 4) is 0 Å². The minimum atomic E-state index is 0.119. The smallest absolute Gasteiger partial charge is 0.0522 e. The van der Waals surface area contributed by atoms with E-state index in [9.17, 15) is 5.53 Å². The fourth-order valence-electron chi connectivity index (χ4n) is 9.68. The van der Waals surface area contributed by atoms with Crippen LogP contribution in [0.5, 0.6) is 0 Å². The zero-order valence-electron chi connectivity index (χ0n) is 21.6. The fraction of sp³-hybridized carbons (Fsp3) is 1.00. The van der Waals surface area contributed by atoms with Crippen LogP contribution in [0.2, 0.25) is 0 Å². The van der Waals surface area contributed by atoms with Crippen LogP contribution in [0.4, 0.5) is 0 Å². The summed E-state index contributed by atoms with van der Waals surface area (Å²) < 4.78 is 0.119. The Kier molecular flexibility index (Phi) is 7.26. The van der Waals surface area contributed by atoms with E-state index in [-0.39, 0.29) is 9.46 Å². The van der Waals surface area contributed by atoms with Crippen LogP contribution in [-0.2, 0) is 0 Å². The zero-order chi connectivity index (χ0) is 23.3. The van der Waals surface area contributed by atoms with Crippen molar-refractivity contribution in [1.29, 1.82) is 0 Å². The number of azide groups is 1. The van der Waals surface area contributed by atoms with E-state index in [1.54, 1.807) is 0 Å². The Morgan fingerprint density at radius 1 is 0.938 bits per heavy atom. The molecule has 0 saturated heterocycles. The molecule has 32 heavy (non-hydrogen) atoms. The van der Waals surface area contributed by atoms with Gasteiger partial charge in [-0.15, -0.1) is 0 Å². The quantitative estimate of drug-likeness (QED) is 0.103. The molecule has 3 nitrogen and oxygen atoms in total. The van der Waals surface area contributed by atoms with Crippen molar-refractivity contribution >= 4 is 22.6 Å². The van der Waals surface area contributed by atoms with Crippen LogP contribution in [0.15, 0.2) is 5.11 Å². The predicted molar refractivity (Wildman–Crippen MR) is 144 cm³/mol. The number of hydrogen-bond donors (Lipinski definition) is 0. The Morgan fingerprint density at radius 2 is 1.66 bits per heavy atom. The summed E-state index contributed by atoms with van der Waals surface area (Å²) >= 11 is 2.61. The van der Waals surface area contributed by atoms with Gasteiger partial charge in [0.15, 0.2) is 0 Å². The summed E-state index contributed by atoms with van der Waals surface area (Å²) in [5.74, 6) is 6.16. The standard InChI is InChI=1S/C28H48IN3/c1-18(2)8-7-9-19(3)22-12-13-23-21-11-10-20-16-28(6,29)25(31-32-30)17-27(20,5)24(21)14-15-26(22,23)4/h18-25H,7-17H2,1-6H3/t19-,20+,21+,22-,23+,24+,25+,26-,27+,28-/m1/s1. The third-order valence-electron chi connectivity index (χ3n) is 11.4. The molecule has 0 unspecified atom stereocenters. The molecule has 0 aromatic rings. The van der Waals surface area contributed by atoms with Gasteiger partial charge >= 0.3 is 0 Å². The highest BCUT2D eigenvalue weighted by Crippen LogP contribution is 2.69. The zero-order valence-corrected chi connectivity index (χ0v) is 23.8. The summed E-state index contributed by atoms with van der Waals surface area (Å²) in [6.45, 7) is 14.9. The summed E-state index contributed by atoms with van der Waals surface area (Å²) in [4.78, 5) is 3.28. The van der Waals surface area contributed by atoms with Gasteiger partial charge in [0.2, 0.25) is 0 Å². The molecule has 4 aliphatic carbocycles. The van der Waals surface area contributed by atoms with Gasteiger partial charge in [0.25, 0.3) is 0 Å². The third-order valence-corrected chi connectivity index (χ3v) is 12.6. The molecule has 0 radical (unpaired) electrons. The lowest BCUT2D eigenvalue weighted by Gasteiger charge is -2.63. The minimum absolute atomic E-state index is 0.119. The van der Waals surface area contributed by atoms with Gasteiger partial charge in [-0.3, -0.25) is 0 Å². The molecule has 182 valence electrons. The number of halogens is 1. The first-order valence-electron chi connectivity index (χ1n) is 13.8. The lowest BCUT2D eigenvalue weighted by Crippen LogP contribution is -2.57. The summed E-state index contributed by atoms with van der Waals surface area (Å²) in [6, 6.07) is 0.152. The van der Waals surface area contributed by atoms with Gasteiger partial charge in [0, 0.05) is 8.33 Å². The van der Waals surface area contributed by atoms with Gasteiger partial charge in [-0.2, -0.15) is 0 Å². The Morgan fingerprint density at radius 3 is 2.34 bits per heavy atom. The molecule has 4 fully saturated rings. The van der Waals surface area contributed by atoms with Crippen molar-refractivity contribution in [2.24, 2.45) is 57.4 Å². The van der Waals surface area contributed by atoms with Crippen LogP contribution in [0.1, 0.15) is 112 Å². The van der Waals surface area contributed by atoms with Crippen molar-refractivity contribution in [3.63, 3.8) is 0 Å². The molecule has 0 N–H and O–H groups in total. The second-order valence-electron chi connectivity index (χ2n) is 13.6. The summed E-state index contributed by atoms with van der Waals surface area (Å²) in [5.41, 5.74) is 10.2. The van der Waals surface area contributed by atoms with Crippen molar-refractivity contribution < 1.29 is 0 Å². The number of rotatable bonds is 6. The average molecular weight is 554 g/mol. The number of hydrogen-bond acceptors (Lipinski definition) is 1. The van der Waals surface area contributed by atoms with E-state index >= 15 is 0 Å². The lowest BCUT2D eigenvalue weighted by molar-refractivity contribution is -0.119. The van der Waals surface area contributed by atoms with Crippen LogP contribution in [0.25, 0.3) is 10.4 Å². The van der Waals surface area contributed by atoms with Gasteiger partial charge in [-0.25, -0.2) is 0 Å². The third kappa shape index (κ3) is 4.27. The van der Waals surface area contributed by atoms with E-state index in [0.717, 1.165) is 47.8 Å². The summed E-state index contributed by atoms with van der Waals surface area (Å²) in [6.07, 6.45) is 15.2. The van der Waals surface area contributed by atoms with Crippen molar-refractivity contribution in [1.82, 2.24) is 0 Å². The van der Waals surface area contributed by atoms with E-state index in [4.69, 9.17) is 0 Å². The van der Waals surface area contributed by atoms with Crippen LogP contribution < -0.4 is 0 Å². The molecule has 4 rings (SSSR count). The molecule has 0 bridgehead atoms. The van der Waals surface area contributed by atoms with E-state index in [2.05, 4.69) is 74.2 Å². The maximum Gasteiger partial charge on any atom is 0.0522 e. The van der Waals surface area contributed by atoms with Crippen LogP contribution in [-0.4, -0.2) is 9.46 Å². The van der Waals surface area contributed by atoms with Crippen LogP contribution >= 0.6 is 22.6 Å². The number of fused-ring (bicyclic) bond motifs is 5. The van der Waals surface area contributed by atoms with Crippen molar-refractivity contribution in [2.45, 2.75) is 122 Å². The van der Waals surface area contributed by atoms with Gasteiger partial charge in [-0.1, -0.05) is 88.5 Å². The fourth-order valence-corrected chi connectivity index (χ4v) is 10.6. The normalized spacial score (nSPS) is 49.0. The van der Waals surface area contributed by atoms with Crippen LogP contribution in [0.3, 0.4) is 0 Å². The molecule has 4 aliphatic rings. The molecule has 0 amide bonds. The molecular weight excluding hydrogens is 505 g/mol. The molecule has 0 aromatic carbocycles. The molecule has 10 atom stereocenters. The van der Waals surface area contributed by atoms with Gasteiger partial charge in [0.1, 0.15) is 0 Å². The highest BCUT2D eigenvalue weighted by molar-refractivity contribution is 14.1. The van der Waals surface area contributed by atoms with Gasteiger partial charge < -0.3 is 0 Å². The van der Waals surface area contributed by atoms with E-state index in [0.29, 0.717) is 10.8 Å². The van der Waals surface area contributed by atoms with Gasteiger partial charge in [0.05, 0.1) is 6.04 Å². The first-order chi connectivity index (χ1) is 15.0. The Labute approximate surface area is 211 Å². The largest absolute Gasteiger partial charge is 0.0892 e. The number of alkyl halides is 1. The van der Waals surface area contributed by atoms with Crippen molar-refractivity contribution in [2.75, 3.05) is 0 Å². The maximum atomic E-state index is 9.25. The maximum absolute atomic E-state index is 9.25.